The lowest BCUT2D eigenvalue weighted by molar-refractivity contribution is -0.137. The minimum atomic E-state index is -1.11. The average Bonchev–Trinajstić information content (AvgIpc) is 3.15. The minimum absolute atomic E-state index is 0.0810. The quantitative estimate of drug-likeness (QED) is 0.420. The summed E-state index contributed by atoms with van der Waals surface area (Å²) in [5.74, 6) is -1.79. The molecular formula is C26H23ClN2O5. The van der Waals surface area contributed by atoms with Gasteiger partial charge in [0.15, 0.2) is 0 Å². The van der Waals surface area contributed by atoms with Gasteiger partial charge in [-0.25, -0.2) is 4.79 Å². The highest BCUT2D eigenvalue weighted by atomic mass is 35.5. The van der Waals surface area contributed by atoms with Gasteiger partial charge in [-0.15, -0.1) is 0 Å². The van der Waals surface area contributed by atoms with E-state index in [1.807, 2.05) is 48.5 Å². The van der Waals surface area contributed by atoms with Gasteiger partial charge in [0, 0.05) is 12.3 Å². The Morgan fingerprint density at radius 1 is 0.912 bits per heavy atom. The standard InChI is InChI=1S/C26H23ClN2O5/c27-21-11-5-6-12-22(21)28-25(32)23(13-14-24(30)31)29-26(33)34-15-20-18-9-3-1-7-16(18)17-8-2-4-10-19(17)20/h1-12,20,23H,13-15H2,(H,28,32)(H,29,33)(H,30,31). The average molecular weight is 479 g/mol. The fourth-order valence-electron chi connectivity index (χ4n) is 4.10. The van der Waals surface area contributed by atoms with Gasteiger partial charge in [0.2, 0.25) is 5.91 Å². The molecule has 2 amide bonds. The van der Waals surface area contributed by atoms with E-state index in [4.69, 9.17) is 21.4 Å². The number of anilines is 1. The van der Waals surface area contributed by atoms with Crippen LogP contribution in [-0.2, 0) is 14.3 Å². The van der Waals surface area contributed by atoms with Crippen LogP contribution >= 0.6 is 11.6 Å². The topological polar surface area (TPSA) is 105 Å². The number of carbonyl (C=O) groups is 3. The highest BCUT2D eigenvalue weighted by molar-refractivity contribution is 6.33. The molecular weight excluding hydrogens is 456 g/mol. The summed E-state index contributed by atoms with van der Waals surface area (Å²) < 4.78 is 5.50. The maximum Gasteiger partial charge on any atom is 0.407 e. The van der Waals surface area contributed by atoms with Crippen molar-refractivity contribution in [2.24, 2.45) is 0 Å². The zero-order valence-electron chi connectivity index (χ0n) is 18.2. The second kappa shape index (κ2) is 10.4. The molecule has 0 saturated carbocycles. The highest BCUT2D eigenvalue weighted by Gasteiger charge is 2.30. The number of ether oxygens (including phenoxy) is 1. The van der Waals surface area contributed by atoms with E-state index in [1.165, 1.54) is 0 Å². The molecule has 174 valence electrons. The first kappa shape index (κ1) is 23.3. The number of carboxylic acids is 1. The van der Waals surface area contributed by atoms with E-state index in [0.29, 0.717) is 10.7 Å². The molecule has 3 N–H and O–H groups in total. The monoisotopic (exact) mass is 478 g/mol. The van der Waals surface area contributed by atoms with Crippen molar-refractivity contribution < 1.29 is 24.2 Å². The van der Waals surface area contributed by atoms with Crippen LogP contribution in [0, 0.1) is 0 Å². The molecule has 0 heterocycles. The second-order valence-corrected chi connectivity index (χ2v) is 8.33. The van der Waals surface area contributed by atoms with Crippen molar-refractivity contribution >= 4 is 35.3 Å². The van der Waals surface area contributed by atoms with Crippen LogP contribution in [0.4, 0.5) is 10.5 Å². The van der Waals surface area contributed by atoms with Crippen molar-refractivity contribution in [3.63, 3.8) is 0 Å². The number of carboxylic acid groups (broad SMARTS) is 1. The van der Waals surface area contributed by atoms with Crippen molar-refractivity contribution in [2.45, 2.75) is 24.8 Å². The number of carbonyl (C=O) groups excluding carboxylic acids is 2. The number of fused-ring (bicyclic) bond motifs is 3. The number of nitrogens with one attached hydrogen (secondary N) is 2. The van der Waals surface area contributed by atoms with E-state index in [1.54, 1.807) is 24.3 Å². The summed E-state index contributed by atoms with van der Waals surface area (Å²) in [4.78, 5) is 36.4. The van der Waals surface area contributed by atoms with Gasteiger partial charge in [0.25, 0.3) is 0 Å². The Kier molecular flexibility index (Phi) is 7.13. The lowest BCUT2D eigenvalue weighted by Crippen LogP contribution is -2.44. The molecule has 1 unspecified atom stereocenters. The molecule has 1 aliphatic carbocycles. The summed E-state index contributed by atoms with van der Waals surface area (Å²) in [6.45, 7) is 0.0810. The number of halogens is 1. The van der Waals surface area contributed by atoms with E-state index in [0.717, 1.165) is 22.3 Å². The third-order valence-corrected chi connectivity index (χ3v) is 6.06. The Balaban J connectivity index is 1.43. The Labute approximate surface area is 201 Å². The van der Waals surface area contributed by atoms with Crippen LogP contribution < -0.4 is 10.6 Å². The normalized spacial score (nSPS) is 12.9. The van der Waals surface area contributed by atoms with Gasteiger partial charge < -0.3 is 20.5 Å². The lowest BCUT2D eigenvalue weighted by atomic mass is 9.98. The van der Waals surface area contributed by atoms with E-state index < -0.39 is 24.0 Å². The van der Waals surface area contributed by atoms with Crippen LogP contribution in [0.25, 0.3) is 11.1 Å². The van der Waals surface area contributed by atoms with Gasteiger partial charge >= 0.3 is 12.1 Å². The maximum atomic E-state index is 12.8. The number of amides is 2. The summed E-state index contributed by atoms with van der Waals surface area (Å²) in [5.41, 5.74) is 4.70. The molecule has 0 bridgehead atoms. The van der Waals surface area contributed by atoms with Gasteiger partial charge in [0.05, 0.1) is 10.7 Å². The molecule has 0 spiro atoms. The lowest BCUT2D eigenvalue weighted by Gasteiger charge is -2.19. The van der Waals surface area contributed by atoms with Crippen molar-refractivity contribution in [2.75, 3.05) is 11.9 Å². The number of para-hydroxylation sites is 1. The maximum absolute atomic E-state index is 12.8. The van der Waals surface area contributed by atoms with Gasteiger partial charge in [-0.05, 0) is 40.8 Å². The molecule has 3 aromatic rings. The third kappa shape index (κ3) is 5.21. The van der Waals surface area contributed by atoms with Crippen molar-refractivity contribution in [1.29, 1.82) is 0 Å². The summed E-state index contributed by atoms with van der Waals surface area (Å²) in [6, 6.07) is 21.4. The summed E-state index contributed by atoms with van der Waals surface area (Å²) >= 11 is 6.09. The summed E-state index contributed by atoms with van der Waals surface area (Å²) in [7, 11) is 0. The largest absolute Gasteiger partial charge is 0.481 e. The number of hydrogen-bond donors (Lipinski definition) is 3. The zero-order valence-corrected chi connectivity index (χ0v) is 18.9. The molecule has 0 aromatic heterocycles. The SMILES string of the molecule is O=C(O)CCC(NC(=O)OCC1c2ccccc2-c2ccccc21)C(=O)Nc1ccccc1Cl. The van der Waals surface area contributed by atoms with Crippen LogP contribution in [-0.4, -0.2) is 35.7 Å². The van der Waals surface area contributed by atoms with Crippen LogP contribution in [0.1, 0.15) is 29.9 Å². The van der Waals surface area contributed by atoms with Gasteiger partial charge in [-0.2, -0.15) is 0 Å². The minimum Gasteiger partial charge on any atom is -0.481 e. The van der Waals surface area contributed by atoms with Crippen molar-refractivity contribution in [3.05, 3.63) is 88.9 Å². The number of benzene rings is 3. The summed E-state index contributed by atoms with van der Waals surface area (Å²) in [5, 5.41) is 14.5. The number of rotatable bonds is 8. The second-order valence-electron chi connectivity index (χ2n) is 7.92. The van der Waals surface area contributed by atoms with Crippen LogP contribution in [0.3, 0.4) is 0 Å². The zero-order chi connectivity index (χ0) is 24.1. The Morgan fingerprint density at radius 2 is 1.50 bits per heavy atom. The smallest absolute Gasteiger partial charge is 0.407 e. The van der Waals surface area contributed by atoms with E-state index in [9.17, 15) is 14.4 Å². The third-order valence-electron chi connectivity index (χ3n) is 5.73. The van der Waals surface area contributed by atoms with Crippen LogP contribution in [0.15, 0.2) is 72.8 Å². The molecule has 0 saturated heterocycles. The van der Waals surface area contributed by atoms with Gasteiger partial charge in [-0.3, -0.25) is 9.59 Å². The van der Waals surface area contributed by atoms with Gasteiger partial charge in [0.1, 0.15) is 12.6 Å². The molecule has 34 heavy (non-hydrogen) atoms. The molecule has 0 radical (unpaired) electrons. The molecule has 0 fully saturated rings. The highest BCUT2D eigenvalue weighted by Crippen LogP contribution is 2.44. The van der Waals surface area contributed by atoms with Crippen LogP contribution in [0.2, 0.25) is 5.02 Å². The Hall–Kier alpha value is -3.84. The molecule has 3 aromatic carbocycles. The first-order chi connectivity index (χ1) is 16.4. The fraction of sp³-hybridized carbons (Fsp3) is 0.192. The Bertz CT molecular complexity index is 1180. The van der Waals surface area contributed by atoms with E-state index in [-0.39, 0.29) is 25.4 Å². The predicted octanol–water partition coefficient (Wildman–Crippen LogP) is 5.05. The number of alkyl carbamates (subject to hydrolysis) is 1. The van der Waals surface area contributed by atoms with E-state index >= 15 is 0 Å². The van der Waals surface area contributed by atoms with E-state index in [2.05, 4.69) is 10.6 Å². The first-order valence-electron chi connectivity index (χ1n) is 10.8. The number of hydrogen-bond acceptors (Lipinski definition) is 4. The molecule has 8 heteroatoms. The molecule has 4 rings (SSSR count). The Morgan fingerprint density at radius 3 is 2.12 bits per heavy atom. The van der Waals surface area contributed by atoms with Gasteiger partial charge in [-0.1, -0.05) is 72.3 Å². The molecule has 1 atom stereocenters. The summed E-state index contributed by atoms with van der Waals surface area (Å²) in [6.07, 6.45) is -1.20. The fourth-order valence-corrected chi connectivity index (χ4v) is 4.28. The molecule has 0 aliphatic heterocycles. The van der Waals surface area contributed by atoms with Crippen LogP contribution in [0.5, 0.6) is 0 Å². The first-order valence-corrected chi connectivity index (χ1v) is 11.2. The predicted molar refractivity (Wildman–Crippen MR) is 129 cm³/mol. The number of aliphatic carboxylic acids is 1. The molecule has 7 nitrogen and oxygen atoms in total. The van der Waals surface area contributed by atoms with Crippen molar-refractivity contribution in [1.82, 2.24) is 5.32 Å². The molecule has 1 aliphatic rings. The van der Waals surface area contributed by atoms with Crippen molar-refractivity contribution in [3.8, 4) is 11.1 Å².